The van der Waals surface area contributed by atoms with Gasteiger partial charge in [-0.25, -0.2) is 0 Å². The molecule has 188 valence electrons. The number of rotatable bonds is 7. The Morgan fingerprint density at radius 3 is 2.32 bits per heavy atom. The summed E-state index contributed by atoms with van der Waals surface area (Å²) in [6.45, 7) is 8.27. The molecule has 1 aliphatic rings. The Morgan fingerprint density at radius 2 is 1.73 bits per heavy atom. The second-order valence-corrected chi connectivity index (χ2v) is 10.7. The second-order valence-electron chi connectivity index (χ2n) is 9.52. The molecule has 1 fully saturated rings. The molecule has 0 bridgehead atoms. The van der Waals surface area contributed by atoms with Crippen LogP contribution in [0.25, 0.3) is 0 Å². The van der Waals surface area contributed by atoms with Crippen molar-refractivity contribution >= 4 is 35.0 Å². The first kappa shape index (κ1) is 26.2. The minimum atomic E-state index is -0.528. The van der Waals surface area contributed by atoms with Crippen molar-refractivity contribution in [1.29, 1.82) is 5.26 Å². The van der Waals surface area contributed by atoms with Gasteiger partial charge < -0.3 is 5.32 Å². The van der Waals surface area contributed by atoms with Crippen molar-refractivity contribution in [3.63, 3.8) is 0 Å². The topological polar surface area (TPSA) is 73.2 Å². The van der Waals surface area contributed by atoms with E-state index in [1.165, 1.54) is 22.2 Å². The molecule has 3 aromatic rings. The van der Waals surface area contributed by atoms with E-state index in [0.717, 1.165) is 23.1 Å². The molecule has 0 saturated carbocycles. The molecule has 2 amide bonds. The number of carbonyl (C=O) groups is 2. The Bertz CT molecular complexity index is 1370. The second kappa shape index (κ2) is 11.5. The highest BCUT2D eigenvalue weighted by atomic mass is 32.2. The Kier molecular flexibility index (Phi) is 8.15. The van der Waals surface area contributed by atoms with Crippen LogP contribution >= 0.6 is 11.8 Å². The zero-order chi connectivity index (χ0) is 26.5. The molecule has 0 aliphatic carbocycles. The van der Waals surface area contributed by atoms with Gasteiger partial charge in [-0.1, -0.05) is 81.1 Å². The number of nitrogens with zero attached hydrogens (tertiary/aromatic N) is 2. The molecule has 6 heteroatoms. The van der Waals surface area contributed by atoms with Gasteiger partial charge in [-0.15, -0.1) is 0 Å². The highest BCUT2D eigenvalue weighted by molar-refractivity contribution is 8.05. The van der Waals surface area contributed by atoms with Crippen molar-refractivity contribution in [1.82, 2.24) is 0 Å². The third-order valence-corrected chi connectivity index (χ3v) is 7.71. The lowest BCUT2D eigenvalue weighted by atomic mass is 10.0. The summed E-state index contributed by atoms with van der Waals surface area (Å²) in [4.78, 5) is 28.5. The number of anilines is 2. The first-order chi connectivity index (χ1) is 17.8. The van der Waals surface area contributed by atoms with Crippen LogP contribution in [-0.2, 0) is 22.4 Å². The summed E-state index contributed by atoms with van der Waals surface area (Å²) in [7, 11) is 0. The molecular formula is C31H31N3O2S. The van der Waals surface area contributed by atoms with Crippen molar-refractivity contribution in [3.8, 4) is 6.07 Å². The van der Waals surface area contributed by atoms with Crippen LogP contribution in [0.1, 0.15) is 48.9 Å². The third kappa shape index (κ3) is 5.95. The number of nitrogens with one attached hydrogen (secondary N) is 1. The average Bonchev–Trinajstić information content (AvgIpc) is 3.20. The predicted octanol–water partition coefficient (Wildman–Crippen LogP) is 6.75. The Hall–Kier alpha value is -3.82. The van der Waals surface area contributed by atoms with E-state index in [2.05, 4.69) is 44.3 Å². The van der Waals surface area contributed by atoms with E-state index in [1.807, 2.05) is 61.5 Å². The van der Waals surface area contributed by atoms with E-state index >= 15 is 0 Å². The zero-order valence-corrected chi connectivity index (χ0v) is 22.4. The smallest absolute Gasteiger partial charge is 0.269 e. The first-order valence-corrected chi connectivity index (χ1v) is 13.4. The van der Waals surface area contributed by atoms with Gasteiger partial charge in [0.1, 0.15) is 16.7 Å². The van der Waals surface area contributed by atoms with Gasteiger partial charge in [0.25, 0.3) is 5.91 Å². The lowest BCUT2D eigenvalue weighted by Crippen LogP contribution is -2.31. The van der Waals surface area contributed by atoms with Gasteiger partial charge in [-0.05, 0) is 72.2 Å². The fourth-order valence-corrected chi connectivity index (χ4v) is 5.58. The normalized spacial score (nSPS) is 16.6. The minimum Gasteiger partial charge on any atom is -0.321 e. The lowest BCUT2D eigenvalue weighted by molar-refractivity contribution is -0.117. The van der Waals surface area contributed by atoms with Gasteiger partial charge >= 0.3 is 0 Å². The van der Waals surface area contributed by atoms with Crippen molar-refractivity contribution in [2.75, 3.05) is 10.2 Å². The summed E-state index contributed by atoms with van der Waals surface area (Å²) < 4.78 is 0. The van der Waals surface area contributed by atoms with Crippen molar-refractivity contribution < 1.29 is 9.59 Å². The van der Waals surface area contributed by atoms with Gasteiger partial charge in [-0.2, -0.15) is 5.26 Å². The third-order valence-electron chi connectivity index (χ3n) is 6.45. The zero-order valence-electron chi connectivity index (χ0n) is 21.6. The summed E-state index contributed by atoms with van der Waals surface area (Å²) in [6, 6.07) is 25.5. The van der Waals surface area contributed by atoms with Crippen molar-refractivity contribution in [3.05, 3.63) is 106 Å². The maximum absolute atomic E-state index is 13.7. The molecule has 3 aromatic carbocycles. The summed E-state index contributed by atoms with van der Waals surface area (Å²) in [5.41, 5.74) is 5.61. The number of amides is 2. The molecule has 1 heterocycles. The number of hydrogen-bond acceptors (Lipinski definition) is 4. The number of hydrogen-bond donors (Lipinski definition) is 1. The van der Waals surface area contributed by atoms with E-state index in [9.17, 15) is 14.9 Å². The maximum Gasteiger partial charge on any atom is 0.269 e. The van der Waals surface area contributed by atoms with Crippen LogP contribution in [0.3, 0.4) is 0 Å². The molecule has 1 unspecified atom stereocenters. The van der Waals surface area contributed by atoms with E-state index in [1.54, 1.807) is 6.07 Å². The van der Waals surface area contributed by atoms with Gasteiger partial charge in [0.2, 0.25) is 5.91 Å². The molecule has 1 saturated heterocycles. The van der Waals surface area contributed by atoms with E-state index in [4.69, 9.17) is 0 Å². The summed E-state index contributed by atoms with van der Waals surface area (Å²) in [5.74, 6) is -0.311. The number of aryl methyl sites for hydroxylation is 2. The van der Waals surface area contributed by atoms with Crippen LogP contribution in [0.2, 0.25) is 0 Å². The summed E-state index contributed by atoms with van der Waals surface area (Å²) >= 11 is 1.28. The van der Waals surface area contributed by atoms with Crippen LogP contribution in [-0.4, -0.2) is 17.1 Å². The summed E-state index contributed by atoms with van der Waals surface area (Å²) in [5, 5.41) is 12.8. The molecule has 1 N–H and O–H groups in total. The maximum atomic E-state index is 13.7. The molecule has 0 spiro atoms. The van der Waals surface area contributed by atoms with Crippen molar-refractivity contribution in [2.45, 2.75) is 51.7 Å². The van der Waals surface area contributed by atoms with Crippen LogP contribution < -0.4 is 10.2 Å². The molecule has 37 heavy (non-hydrogen) atoms. The highest BCUT2D eigenvalue weighted by Gasteiger charge is 2.40. The number of benzene rings is 3. The molecule has 4 rings (SSSR count). The van der Waals surface area contributed by atoms with E-state index < -0.39 is 11.2 Å². The number of nitriles is 1. The monoisotopic (exact) mass is 509 g/mol. The minimum absolute atomic E-state index is 0.0726. The molecule has 0 aromatic heterocycles. The van der Waals surface area contributed by atoms with Gasteiger partial charge in [0, 0.05) is 11.4 Å². The number of thioether (sulfide) groups is 1. The quantitative estimate of drug-likeness (QED) is 0.283. The van der Waals surface area contributed by atoms with Crippen LogP contribution in [0, 0.1) is 18.3 Å². The molecule has 5 nitrogen and oxygen atoms in total. The van der Waals surface area contributed by atoms with E-state index in [0.29, 0.717) is 28.7 Å². The van der Waals surface area contributed by atoms with Crippen LogP contribution in [0.15, 0.2) is 83.4 Å². The largest absolute Gasteiger partial charge is 0.321 e. The average molecular weight is 510 g/mol. The fourth-order valence-electron chi connectivity index (χ4n) is 4.27. The Labute approximate surface area is 223 Å². The van der Waals surface area contributed by atoms with Gasteiger partial charge in [-0.3, -0.25) is 14.5 Å². The van der Waals surface area contributed by atoms with E-state index in [-0.39, 0.29) is 11.5 Å². The Morgan fingerprint density at radius 1 is 1.05 bits per heavy atom. The van der Waals surface area contributed by atoms with Crippen LogP contribution in [0.5, 0.6) is 0 Å². The molecular weight excluding hydrogens is 478 g/mol. The van der Waals surface area contributed by atoms with Crippen LogP contribution in [0.4, 0.5) is 11.4 Å². The van der Waals surface area contributed by atoms with Gasteiger partial charge in [0.15, 0.2) is 0 Å². The first-order valence-electron chi connectivity index (χ1n) is 12.5. The summed E-state index contributed by atoms with van der Waals surface area (Å²) in [6.07, 6.45) is 1.46. The predicted molar refractivity (Wildman–Crippen MR) is 151 cm³/mol. The molecule has 1 aliphatic heterocycles. The standard InChI is InChI=1S/C31H31N3O2S/c1-5-22-9-11-23(12-10-22)18-28-30(36)34(26-15-13-24(14-16-26)20(2)3)31(37-28)27(19-32)29(35)33-25-8-6-7-21(4)17-25/h6-17,20,28H,5,18H2,1-4H3,(H,33,35)/b31-27-. The lowest BCUT2D eigenvalue weighted by Gasteiger charge is -2.19. The molecule has 1 atom stereocenters. The van der Waals surface area contributed by atoms with Gasteiger partial charge in [0.05, 0.1) is 5.25 Å². The molecule has 0 radical (unpaired) electrons. The fraction of sp³-hybridized carbons (Fsp3) is 0.258. The SMILES string of the molecule is CCc1ccc(CC2S/C(=C(/C#N)C(=O)Nc3cccc(C)c3)N(c3ccc(C(C)C)cc3)C2=O)cc1. The van der Waals surface area contributed by atoms with Crippen molar-refractivity contribution in [2.24, 2.45) is 0 Å². The highest BCUT2D eigenvalue weighted by Crippen LogP contribution is 2.42. The Balaban J connectivity index is 1.71. The number of carbonyl (C=O) groups excluding carboxylic acids is 2.